The lowest BCUT2D eigenvalue weighted by Gasteiger charge is -2.03. The summed E-state index contributed by atoms with van der Waals surface area (Å²) in [4.78, 5) is 12.5. The Labute approximate surface area is 161 Å². The van der Waals surface area contributed by atoms with Crippen molar-refractivity contribution >= 4 is 15.9 Å². The molecule has 0 aliphatic rings. The van der Waals surface area contributed by atoms with Crippen LogP contribution in [-0.2, 0) is 0 Å². The van der Waals surface area contributed by atoms with Gasteiger partial charge in [0.15, 0.2) is 5.69 Å². The van der Waals surface area contributed by atoms with Crippen LogP contribution in [0.4, 0.5) is 0 Å². The normalized spacial score (nSPS) is 9.46. The highest BCUT2D eigenvalue weighted by Gasteiger charge is 2.07. The van der Waals surface area contributed by atoms with Crippen LogP contribution in [0.2, 0.25) is 0 Å². The molecule has 3 aromatic rings. The Hall–Kier alpha value is -3.09. The first-order valence-electron chi connectivity index (χ1n) is 7.78. The summed E-state index contributed by atoms with van der Waals surface area (Å²) in [5.41, 5.74) is 5.24. The van der Waals surface area contributed by atoms with Crippen molar-refractivity contribution in [2.75, 3.05) is 0 Å². The predicted molar refractivity (Wildman–Crippen MR) is 103 cm³/mol. The van der Waals surface area contributed by atoms with Gasteiger partial charge in [0.25, 0.3) is 0 Å². The standard InChI is InChI=1S/C13H11N3.C7H5BrN2/c1-9-3-6-12(15-8-9)11-5-4-10(2)16-13(11)7-14;1-5-2-3-6(8)7(4-9)10-5/h3-6,8H,1-2H3;2-3H,1H3. The summed E-state index contributed by atoms with van der Waals surface area (Å²) < 4.78 is 0.751. The molecule has 0 N–H and O–H groups in total. The smallest absolute Gasteiger partial charge is 0.154 e. The molecule has 0 aliphatic carbocycles. The van der Waals surface area contributed by atoms with Crippen LogP contribution in [0.15, 0.2) is 47.1 Å². The molecule has 0 saturated heterocycles. The highest BCUT2D eigenvalue weighted by Crippen LogP contribution is 2.20. The average Bonchev–Trinajstić information content (AvgIpc) is 2.65. The number of nitrogens with zero attached hydrogens (tertiary/aromatic N) is 5. The molecule has 0 amide bonds. The van der Waals surface area contributed by atoms with E-state index in [9.17, 15) is 0 Å². The molecule has 128 valence electrons. The van der Waals surface area contributed by atoms with E-state index < -0.39 is 0 Å². The van der Waals surface area contributed by atoms with Crippen LogP contribution in [0.5, 0.6) is 0 Å². The first kappa shape index (κ1) is 19.2. The van der Waals surface area contributed by atoms with Gasteiger partial charge in [0.05, 0.1) is 10.2 Å². The number of pyridine rings is 3. The summed E-state index contributed by atoms with van der Waals surface area (Å²) in [5, 5.41) is 17.5. The van der Waals surface area contributed by atoms with Crippen molar-refractivity contribution < 1.29 is 0 Å². The van der Waals surface area contributed by atoms with E-state index in [2.05, 4.69) is 37.0 Å². The third-order valence-electron chi connectivity index (χ3n) is 3.42. The summed E-state index contributed by atoms with van der Waals surface area (Å²) >= 11 is 3.21. The zero-order valence-corrected chi connectivity index (χ0v) is 16.2. The number of hydrogen-bond acceptors (Lipinski definition) is 5. The van der Waals surface area contributed by atoms with Crippen LogP contribution in [0, 0.1) is 43.4 Å². The molecule has 0 atom stereocenters. The third-order valence-corrected chi connectivity index (χ3v) is 4.06. The zero-order valence-electron chi connectivity index (χ0n) is 14.7. The van der Waals surface area contributed by atoms with Crippen molar-refractivity contribution in [3.63, 3.8) is 0 Å². The minimum atomic E-state index is 0.427. The van der Waals surface area contributed by atoms with Gasteiger partial charge in [0, 0.05) is 23.1 Å². The average molecular weight is 406 g/mol. The van der Waals surface area contributed by atoms with Gasteiger partial charge in [0.1, 0.15) is 17.8 Å². The molecule has 5 nitrogen and oxygen atoms in total. The zero-order chi connectivity index (χ0) is 19.1. The maximum absolute atomic E-state index is 9.02. The SMILES string of the molecule is Cc1ccc(-c2ccc(C)nc2C#N)nc1.Cc1ccc(Br)c(C#N)n1. The number of aromatic nitrogens is 3. The van der Waals surface area contributed by atoms with Crippen LogP contribution in [-0.4, -0.2) is 15.0 Å². The molecule has 0 unspecified atom stereocenters. The Morgan fingerprint density at radius 2 is 1.42 bits per heavy atom. The molecule has 6 heteroatoms. The van der Waals surface area contributed by atoms with Crippen molar-refractivity contribution in [3.8, 4) is 23.4 Å². The first-order chi connectivity index (χ1) is 12.4. The van der Waals surface area contributed by atoms with Gasteiger partial charge in [-0.3, -0.25) is 4.98 Å². The quantitative estimate of drug-likeness (QED) is 0.587. The fourth-order valence-electron chi connectivity index (χ4n) is 2.09. The first-order valence-corrected chi connectivity index (χ1v) is 8.58. The third kappa shape index (κ3) is 4.95. The molecule has 0 aromatic carbocycles. The van der Waals surface area contributed by atoms with Crippen molar-refractivity contribution in [1.82, 2.24) is 15.0 Å². The van der Waals surface area contributed by atoms with Gasteiger partial charge in [-0.15, -0.1) is 0 Å². The van der Waals surface area contributed by atoms with Gasteiger partial charge < -0.3 is 0 Å². The van der Waals surface area contributed by atoms with Crippen LogP contribution < -0.4 is 0 Å². The summed E-state index contributed by atoms with van der Waals surface area (Å²) in [6.07, 6.45) is 1.79. The topological polar surface area (TPSA) is 86.2 Å². The number of hydrogen-bond donors (Lipinski definition) is 0. The van der Waals surface area contributed by atoms with Crippen LogP contribution in [0.25, 0.3) is 11.3 Å². The van der Waals surface area contributed by atoms with Gasteiger partial charge in [-0.1, -0.05) is 6.07 Å². The molecule has 0 spiro atoms. The fourth-order valence-corrected chi connectivity index (χ4v) is 2.40. The van der Waals surface area contributed by atoms with Crippen molar-refractivity contribution in [2.45, 2.75) is 20.8 Å². The Kier molecular flexibility index (Phi) is 6.54. The van der Waals surface area contributed by atoms with E-state index in [4.69, 9.17) is 10.5 Å². The Morgan fingerprint density at radius 1 is 0.808 bits per heavy atom. The lowest BCUT2D eigenvalue weighted by molar-refractivity contribution is 1.15. The lowest BCUT2D eigenvalue weighted by atomic mass is 10.1. The van der Waals surface area contributed by atoms with Crippen LogP contribution >= 0.6 is 15.9 Å². The lowest BCUT2D eigenvalue weighted by Crippen LogP contribution is -1.93. The van der Waals surface area contributed by atoms with Gasteiger partial charge in [-0.05, 0) is 72.6 Å². The number of rotatable bonds is 1. The Balaban J connectivity index is 0.000000209. The highest BCUT2D eigenvalue weighted by molar-refractivity contribution is 9.10. The summed E-state index contributed by atoms with van der Waals surface area (Å²) in [6, 6.07) is 15.4. The molecule has 3 heterocycles. The van der Waals surface area contributed by atoms with Crippen molar-refractivity contribution in [1.29, 1.82) is 10.5 Å². The van der Waals surface area contributed by atoms with E-state index in [1.54, 1.807) is 6.20 Å². The molecule has 0 radical (unpaired) electrons. The van der Waals surface area contributed by atoms with Gasteiger partial charge in [-0.2, -0.15) is 10.5 Å². The van der Waals surface area contributed by atoms with E-state index in [1.807, 2.05) is 63.2 Å². The van der Waals surface area contributed by atoms with E-state index in [0.29, 0.717) is 11.4 Å². The van der Waals surface area contributed by atoms with E-state index in [0.717, 1.165) is 32.7 Å². The number of nitriles is 2. The van der Waals surface area contributed by atoms with E-state index in [1.165, 1.54) is 0 Å². The monoisotopic (exact) mass is 405 g/mol. The molecule has 0 saturated carbocycles. The fraction of sp³-hybridized carbons (Fsp3) is 0.150. The minimum absolute atomic E-state index is 0.427. The maximum atomic E-state index is 9.02. The Morgan fingerprint density at radius 3 is 1.96 bits per heavy atom. The molecular formula is C20H16BrN5. The summed E-state index contributed by atoms with van der Waals surface area (Å²) in [7, 11) is 0. The molecule has 0 bridgehead atoms. The minimum Gasteiger partial charge on any atom is -0.256 e. The second-order valence-corrected chi connectivity index (χ2v) is 6.43. The van der Waals surface area contributed by atoms with Crippen LogP contribution in [0.3, 0.4) is 0 Å². The molecule has 3 aromatic heterocycles. The highest BCUT2D eigenvalue weighted by atomic mass is 79.9. The molecule has 3 rings (SSSR count). The Bertz CT molecular complexity index is 998. The van der Waals surface area contributed by atoms with E-state index >= 15 is 0 Å². The summed E-state index contributed by atoms with van der Waals surface area (Å²) in [5.74, 6) is 0. The van der Waals surface area contributed by atoms with Crippen molar-refractivity contribution in [3.05, 3.63) is 75.4 Å². The summed E-state index contributed by atoms with van der Waals surface area (Å²) in [6.45, 7) is 5.70. The van der Waals surface area contributed by atoms with Crippen molar-refractivity contribution in [2.24, 2.45) is 0 Å². The number of aryl methyl sites for hydroxylation is 3. The van der Waals surface area contributed by atoms with E-state index in [-0.39, 0.29) is 0 Å². The molecule has 0 fully saturated rings. The maximum Gasteiger partial charge on any atom is 0.154 e. The molecular weight excluding hydrogens is 390 g/mol. The number of halogens is 1. The molecule has 0 aliphatic heterocycles. The van der Waals surface area contributed by atoms with Gasteiger partial charge in [-0.25, -0.2) is 9.97 Å². The second kappa shape index (κ2) is 8.84. The largest absolute Gasteiger partial charge is 0.256 e. The second-order valence-electron chi connectivity index (χ2n) is 5.58. The van der Waals surface area contributed by atoms with Gasteiger partial charge in [0.2, 0.25) is 0 Å². The predicted octanol–water partition coefficient (Wildman–Crippen LogP) is 4.66. The molecule has 26 heavy (non-hydrogen) atoms. The van der Waals surface area contributed by atoms with Gasteiger partial charge >= 0.3 is 0 Å². The van der Waals surface area contributed by atoms with Crippen LogP contribution in [0.1, 0.15) is 28.3 Å².